The van der Waals surface area contributed by atoms with Gasteiger partial charge in [0.1, 0.15) is 0 Å². The average molecular weight is 1040 g/mol. The van der Waals surface area contributed by atoms with Crippen LogP contribution in [-0.2, 0) is 167 Å². The van der Waals surface area contributed by atoms with E-state index in [1.54, 1.807) is 94.1 Å². The molecule has 0 aromatic rings. The summed E-state index contributed by atoms with van der Waals surface area (Å²) < 4.78 is 0. The molecular formula is C20H48Ni4S16. The second-order valence-electron chi connectivity index (χ2n) is 4.41. The zero-order valence-electron chi connectivity index (χ0n) is 24.3. The summed E-state index contributed by atoms with van der Waals surface area (Å²) in [5.41, 5.74) is 0. The van der Waals surface area contributed by atoms with E-state index in [0.29, 0.717) is 0 Å². The van der Waals surface area contributed by atoms with Crippen LogP contribution in [0.5, 0.6) is 0 Å². The Morgan fingerprint density at radius 2 is 0.375 bits per heavy atom. The average Bonchev–Trinajstić information content (AvgIpc) is 2.92. The van der Waals surface area contributed by atoms with E-state index in [1.165, 1.54) is 0 Å². The summed E-state index contributed by atoms with van der Waals surface area (Å²) in [5, 5.41) is 3.28. The van der Waals surface area contributed by atoms with Gasteiger partial charge in [0.2, 0.25) is 0 Å². The Hall–Kier alpha value is 7.57. The maximum Gasteiger partial charge on any atom is 2.00 e. The van der Waals surface area contributed by atoms with Gasteiger partial charge in [-0.2, -0.15) is 117 Å². The minimum Gasteiger partial charge on any atom is -0.792 e. The van der Waals surface area contributed by atoms with E-state index in [1.807, 2.05) is 25.0 Å². The molecule has 264 valence electrons. The summed E-state index contributed by atoms with van der Waals surface area (Å²) in [6, 6.07) is 0. The maximum absolute atomic E-state index is 4.63. The van der Waals surface area contributed by atoms with E-state index in [9.17, 15) is 0 Å². The molecular weight excluding hydrogens is 988 g/mol. The summed E-state index contributed by atoms with van der Waals surface area (Å²) in [6.45, 7) is 0. The summed E-state index contributed by atoms with van der Waals surface area (Å²) >= 11 is 50.5. The van der Waals surface area contributed by atoms with Crippen LogP contribution in [0, 0.1) is 0 Å². The molecule has 0 aliphatic rings. The fraction of sp³-hybridized carbons (Fsp3) is 1.00. The van der Waals surface area contributed by atoms with Crippen LogP contribution >= 0.6 is 94.1 Å². The molecule has 0 saturated heterocycles. The Kier molecular flexibility index (Phi) is 259. The van der Waals surface area contributed by atoms with Gasteiger partial charge in [0.25, 0.3) is 0 Å². The van der Waals surface area contributed by atoms with Gasteiger partial charge in [0.15, 0.2) is 0 Å². The molecule has 0 fully saturated rings. The minimum atomic E-state index is 0. The van der Waals surface area contributed by atoms with Gasteiger partial charge in [0, 0.05) is 0 Å². The first-order chi connectivity index (χ1) is 17.3. The molecule has 0 aromatic heterocycles. The van der Waals surface area contributed by atoms with E-state index in [-0.39, 0.29) is 66.0 Å². The molecule has 40 heavy (non-hydrogen) atoms. The standard InChI is InChI=1S/4C3H8S2.4C2H6S2.4Ni/c4*1-5-3-2-4;4*1-4-2-3;;;;/h4*4H,2-3H2,1H3;4*3H,2H2,1H3;;;;/q;;;;;;;;4*+2/p-8. The first-order valence-electron chi connectivity index (χ1n) is 9.88. The van der Waals surface area contributed by atoms with Crippen LogP contribution < -0.4 is 0 Å². The second kappa shape index (κ2) is 127. The van der Waals surface area contributed by atoms with Crippen LogP contribution in [0.25, 0.3) is 0 Å². The fourth-order valence-electron chi connectivity index (χ4n) is 0.333. The van der Waals surface area contributed by atoms with Gasteiger partial charge in [-0.3, -0.25) is 0 Å². The van der Waals surface area contributed by atoms with Crippen LogP contribution in [0.1, 0.15) is 0 Å². The molecule has 20 heteroatoms. The number of hydrogen-bond donors (Lipinski definition) is 0. The smallest absolute Gasteiger partial charge is 0.792 e. The molecule has 0 aliphatic carbocycles. The Morgan fingerprint density at radius 1 is 0.275 bits per heavy atom. The zero-order chi connectivity index (χ0) is 30.1. The van der Waals surface area contributed by atoms with Gasteiger partial charge in [-0.1, -0.05) is 0 Å². The van der Waals surface area contributed by atoms with E-state index >= 15 is 0 Å². The molecule has 0 amide bonds. The molecule has 0 N–H and O–H groups in total. The Labute approximate surface area is 371 Å². The van der Waals surface area contributed by atoms with Gasteiger partial charge in [-0.25, -0.2) is 0 Å². The van der Waals surface area contributed by atoms with E-state index in [4.69, 9.17) is 0 Å². The van der Waals surface area contributed by atoms with Gasteiger partial charge in [0.05, 0.1) is 0 Å². The minimum absolute atomic E-state index is 0. The largest absolute Gasteiger partial charge is 2.00 e. The molecule has 0 spiro atoms. The van der Waals surface area contributed by atoms with E-state index in [2.05, 4.69) is 126 Å². The Balaban J connectivity index is -0.0000000221. The molecule has 0 aliphatic heterocycles. The molecule has 0 bridgehead atoms. The van der Waals surface area contributed by atoms with Crippen molar-refractivity contribution >= 4 is 195 Å². The van der Waals surface area contributed by atoms with E-state index < -0.39 is 0 Å². The van der Waals surface area contributed by atoms with Crippen molar-refractivity contribution in [2.24, 2.45) is 0 Å². The van der Waals surface area contributed by atoms with Crippen LogP contribution in [0.3, 0.4) is 0 Å². The maximum atomic E-state index is 4.63. The van der Waals surface area contributed by atoms with Gasteiger partial charge in [-0.05, 0) is 73.1 Å². The molecule has 0 rings (SSSR count). The molecule has 0 unspecified atom stereocenters. The number of thioether (sulfide) groups is 8. The van der Waals surface area contributed by atoms with Crippen LogP contribution in [0.15, 0.2) is 0 Å². The SMILES string of the molecule is CSCC[S-].CSCC[S-].CSCC[S-].CSCC[S-].CSC[S-].CSC[S-].CSC[S-].CSC[S-].[Ni+2].[Ni+2].[Ni+2].[Ni+2]. The van der Waals surface area contributed by atoms with Crippen molar-refractivity contribution in [2.45, 2.75) is 0 Å². The third kappa shape index (κ3) is 236. The molecule has 0 atom stereocenters. The van der Waals surface area contributed by atoms with Crippen molar-refractivity contribution in [1.29, 1.82) is 0 Å². The molecule has 0 radical (unpaired) electrons. The monoisotopic (exact) mass is 1030 g/mol. The third-order valence-corrected chi connectivity index (χ3v) is 9.69. The summed E-state index contributed by atoms with van der Waals surface area (Å²) in [4.78, 5) is 0. The Morgan fingerprint density at radius 3 is 0.375 bits per heavy atom. The first-order valence-corrected chi connectivity index (χ1v) is 25.7. The van der Waals surface area contributed by atoms with Crippen molar-refractivity contribution in [3.05, 3.63) is 0 Å². The summed E-state index contributed by atoms with van der Waals surface area (Å²) in [6.07, 6.45) is 16.2. The fourth-order valence-corrected chi connectivity index (χ4v) is 3.00. The zero-order valence-corrected chi connectivity index (χ0v) is 41.3. The normalized spacial score (nSPS) is 7.20. The summed E-state index contributed by atoms with van der Waals surface area (Å²) in [5.74, 6) is 8.04. The second-order valence-corrected chi connectivity index (χ2v) is 16.1. The van der Waals surface area contributed by atoms with Crippen LogP contribution in [-0.4, -0.2) is 116 Å². The Bertz CT molecular complexity index is 171. The first kappa shape index (κ1) is 81.5. The topological polar surface area (TPSA) is 0 Å². The number of rotatable bonds is 12. The summed E-state index contributed by atoms with van der Waals surface area (Å²) in [7, 11) is 0. The van der Waals surface area contributed by atoms with Crippen LogP contribution in [0.2, 0.25) is 0 Å². The van der Waals surface area contributed by atoms with Crippen molar-refractivity contribution < 1.29 is 66.0 Å². The van der Waals surface area contributed by atoms with Crippen LogP contribution in [0.4, 0.5) is 0 Å². The molecule has 0 nitrogen and oxygen atoms in total. The molecule has 0 saturated carbocycles. The quantitative estimate of drug-likeness (QED) is 0.146. The third-order valence-electron chi connectivity index (χ3n) is 1.62. The van der Waals surface area contributed by atoms with Crippen molar-refractivity contribution in [1.82, 2.24) is 0 Å². The van der Waals surface area contributed by atoms with Gasteiger partial charge >= 0.3 is 66.0 Å². The van der Waals surface area contributed by atoms with Crippen molar-refractivity contribution in [2.75, 3.05) is 116 Å². The number of hydrogen-bond acceptors (Lipinski definition) is 16. The predicted molar refractivity (Wildman–Crippen MR) is 225 cm³/mol. The molecule has 0 heterocycles. The predicted octanol–water partition coefficient (Wildman–Crippen LogP) is 6.99. The van der Waals surface area contributed by atoms with Crippen molar-refractivity contribution in [3.8, 4) is 0 Å². The van der Waals surface area contributed by atoms with E-state index in [0.717, 1.165) is 66.4 Å². The molecule has 0 aromatic carbocycles. The van der Waals surface area contributed by atoms with Gasteiger partial charge in [-0.15, -0.1) is 20.3 Å². The van der Waals surface area contributed by atoms with Crippen molar-refractivity contribution in [3.63, 3.8) is 0 Å². The van der Waals surface area contributed by atoms with Gasteiger partial charge < -0.3 is 101 Å².